The van der Waals surface area contributed by atoms with E-state index >= 15 is 0 Å². The van der Waals surface area contributed by atoms with Gasteiger partial charge in [-0.3, -0.25) is 4.90 Å². The number of piperidine rings is 1. The van der Waals surface area contributed by atoms with Crippen LogP contribution in [-0.2, 0) is 6.42 Å². The average molecular weight is 345 g/mol. The van der Waals surface area contributed by atoms with Gasteiger partial charge in [0.15, 0.2) is 0 Å². The van der Waals surface area contributed by atoms with Crippen molar-refractivity contribution < 1.29 is 4.74 Å². The van der Waals surface area contributed by atoms with E-state index in [1.54, 1.807) is 0 Å². The van der Waals surface area contributed by atoms with E-state index in [4.69, 9.17) is 4.74 Å². The Hall–Kier alpha value is -2.32. The molecular weight excluding hydrogens is 318 g/mol. The van der Waals surface area contributed by atoms with Gasteiger partial charge < -0.3 is 4.74 Å². The van der Waals surface area contributed by atoms with Crippen LogP contribution in [0.2, 0.25) is 0 Å². The maximum absolute atomic E-state index is 6.10. The third-order valence-electron chi connectivity index (χ3n) is 5.49. The second-order valence-corrected chi connectivity index (χ2v) is 7.30. The largest absolute Gasteiger partial charge is 0.492 e. The molecular formula is C24H27NO. The summed E-state index contributed by atoms with van der Waals surface area (Å²) >= 11 is 0. The molecule has 0 radical (unpaired) electrons. The molecule has 0 aromatic heterocycles. The van der Waals surface area contributed by atoms with Crippen LogP contribution in [0.3, 0.4) is 0 Å². The fourth-order valence-corrected chi connectivity index (χ4v) is 3.97. The van der Waals surface area contributed by atoms with Crippen molar-refractivity contribution in [2.45, 2.75) is 19.3 Å². The molecule has 134 valence electrons. The summed E-state index contributed by atoms with van der Waals surface area (Å²) in [4.78, 5) is 2.55. The molecule has 1 aliphatic rings. The number of likely N-dealkylation sites (tertiary alicyclic amines) is 1. The Morgan fingerprint density at radius 2 is 1.54 bits per heavy atom. The predicted octanol–water partition coefficient (Wildman–Crippen LogP) is 5.17. The molecule has 0 bridgehead atoms. The third kappa shape index (κ3) is 4.25. The summed E-state index contributed by atoms with van der Waals surface area (Å²) in [5.74, 6) is 1.83. The lowest BCUT2D eigenvalue weighted by Gasteiger charge is -2.32. The average Bonchev–Trinajstić information content (AvgIpc) is 2.70. The van der Waals surface area contributed by atoms with Crippen LogP contribution in [0.5, 0.6) is 5.75 Å². The Kier molecular flexibility index (Phi) is 5.51. The van der Waals surface area contributed by atoms with E-state index in [1.165, 1.54) is 48.7 Å². The van der Waals surface area contributed by atoms with Crippen molar-refractivity contribution in [1.82, 2.24) is 4.90 Å². The molecule has 0 aliphatic carbocycles. The summed E-state index contributed by atoms with van der Waals surface area (Å²) in [5.41, 5.74) is 1.48. The molecule has 3 aromatic rings. The molecule has 1 heterocycles. The van der Waals surface area contributed by atoms with Crippen LogP contribution in [0, 0.1) is 5.92 Å². The van der Waals surface area contributed by atoms with E-state index in [2.05, 4.69) is 77.7 Å². The van der Waals surface area contributed by atoms with Crippen LogP contribution >= 0.6 is 0 Å². The monoisotopic (exact) mass is 345 g/mol. The molecule has 0 amide bonds. The summed E-state index contributed by atoms with van der Waals surface area (Å²) in [6, 6.07) is 25.6. The van der Waals surface area contributed by atoms with Crippen molar-refractivity contribution in [3.05, 3.63) is 78.4 Å². The second-order valence-electron chi connectivity index (χ2n) is 7.30. The molecule has 0 N–H and O–H groups in total. The number of benzene rings is 3. The van der Waals surface area contributed by atoms with Crippen molar-refractivity contribution in [2.75, 3.05) is 26.2 Å². The summed E-state index contributed by atoms with van der Waals surface area (Å²) in [6.45, 7) is 4.16. The van der Waals surface area contributed by atoms with Crippen molar-refractivity contribution >= 4 is 10.8 Å². The minimum absolute atomic E-state index is 0.761. The standard InChI is InChI=1S/C24H27NO/c1-2-7-20(8-3-1)19-21-13-15-25(16-14-21)17-18-26-24-12-6-10-22-9-4-5-11-23(22)24/h1-12,21H,13-19H2. The normalized spacial score (nSPS) is 16.0. The second kappa shape index (κ2) is 8.37. The first-order chi connectivity index (χ1) is 12.9. The van der Waals surface area contributed by atoms with Crippen LogP contribution in [0.1, 0.15) is 18.4 Å². The number of fused-ring (bicyclic) bond motifs is 1. The Balaban J connectivity index is 1.24. The molecule has 0 spiro atoms. The number of rotatable bonds is 6. The van der Waals surface area contributed by atoms with Gasteiger partial charge in [-0.15, -0.1) is 0 Å². The fraction of sp³-hybridized carbons (Fsp3) is 0.333. The highest BCUT2D eigenvalue weighted by molar-refractivity contribution is 5.88. The highest BCUT2D eigenvalue weighted by atomic mass is 16.5. The Labute approximate surface area is 156 Å². The van der Waals surface area contributed by atoms with Crippen LogP contribution in [0.15, 0.2) is 72.8 Å². The predicted molar refractivity (Wildman–Crippen MR) is 109 cm³/mol. The van der Waals surface area contributed by atoms with Crippen molar-refractivity contribution in [1.29, 1.82) is 0 Å². The Bertz CT molecular complexity index is 816. The summed E-state index contributed by atoms with van der Waals surface area (Å²) in [5, 5.41) is 2.45. The quantitative estimate of drug-likeness (QED) is 0.611. The van der Waals surface area contributed by atoms with Crippen LogP contribution in [0.25, 0.3) is 10.8 Å². The molecule has 1 aliphatic heterocycles. The van der Waals surface area contributed by atoms with Gasteiger partial charge >= 0.3 is 0 Å². The topological polar surface area (TPSA) is 12.5 Å². The maximum Gasteiger partial charge on any atom is 0.127 e. The highest BCUT2D eigenvalue weighted by Crippen LogP contribution is 2.25. The fourth-order valence-electron chi connectivity index (χ4n) is 3.97. The Morgan fingerprint density at radius 1 is 0.808 bits per heavy atom. The van der Waals surface area contributed by atoms with E-state index < -0.39 is 0 Å². The smallest absolute Gasteiger partial charge is 0.127 e. The van der Waals surface area contributed by atoms with Gasteiger partial charge in [-0.1, -0.05) is 66.7 Å². The highest BCUT2D eigenvalue weighted by Gasteiger charge is 2.19. The zero-order valence-corrected chi connectivity index (χ0v) is 15.3. The SMILES string of the molecule is c1ccc(CC2CCN(CCOc3cccc4ccccc34)CC2)cc1. The minimum atomic E-state index is 0.761. The first-order valence-corrected chi connectivity index (χ1v) is 9.75. The number of nitrogens with zero attached hydrogens (tertiary/aromatic N) is 1. The van der Waals surface area contributed by atoms with Gasteiger partial charge in [-0.05, 0) is 55.3 Å². The zero-order valence-electron chi connectivity index (χ0n) is 15.3. The molecule has 0 atom stereocenters. The molecule has 0 saturated carbocycles. The van der Waals surface area contributed by atoms with E-state index in [9.17, 15) is 0 Å². The van der Waals surface area contributed by atoms with Crippen LogP contribution in [0.4, 0.5) is 0 Å². The first kappa shape index (κ1) is 17.1. The van der Waals surface area contributed by atoms with Crippen molar-refractivity contribution in [3.8, 4) is 5.75 Å². The van der Waals surface area contributed by atoms with Gasteiger partial charge in [-0.2, -0.15) is 0 Å². The van der Waals surface area contributed by atoms with E-state index in [1.807, 2.05) is 0 Å². The van der Waals surface area contributed by atoms with Crippen molar-refractivity contribution in [3.63, 3.8) is 0 Å². The number of ether oxygens (including phenoxy) is 1. The number of hydrogen-bond donors (Lipinski definition) is 0. The molecule has 26 heavy (non-hydrogen) atoms. The lowest BCUT2D eigenvalue weighted by atomic mass is 9.90. The molecule has 0 unspecified atom stereocenters. The summed E-state index contributed by atoms with van der Waals surface area (Å²) in [7, 11) is 0. The van der Waals surface area contributed by atoms with Gasteiger partial charge in [-0.25, -0.2) is 0 Å². The van der Waals surface area contributed by atoms with Gasteiger partial charge in [0.25, 0.3) is 0 Å². The maximum atomic E-state index is 6.10. The van der Waals surface area contributed by atoms with Gasteiger partial charge in [0.1, 0.15) is 12.4 Å². The van der Waals surface area contributed by atoms with E-state index in [0.29, 0.717) is 0 Å². The van der Waals surface area contributed by atoms with Crippen LogP contribution < -0.4 is 4.74 Å². The molecule has 1 saturated heterocycles. The minimum Gasteiger partial charge on any atom is -0.492 e. The van der Waals surface area contributed by atoms with E-state index in [-0.39, 0.29) is 0 Å². The zero-order chi connectivity index (χ0) is 17.6. The first-order valence-electron chi connectivity index (χ1n) is 9.75. The van der Waals surface area contributed by atoms with Gasteiger partial charge in [0.2, 0.25) is 0 Å². The Morgan fingerprint density at radius 3 is 2.38 bits per heavy atom. The molecule has 4 rings (SSSR count). The molecule has 3 aromatic carbocycles. The summed E-state index contributed by atoms with van der Waals surface area (Å²) in [6.07, 6.45) is 3.81. The molecule has 2 heteroatoms. The number of hydrogen-bond acceptors (Lipinski definition) is 2. The third-order valence-corrected chi connectivity index (χ3v) is 5.49. The van der Waals surface area contributed by atoms with Crippen LogP contribution in [-0.4, -0.2) is 31.1 Å². The van der Waals surface area contributed by atoms with E-state index in [0.717, 1.165) is 24.8 Å². The van der Waals surface area contributed by atoms with Gasteiger partial charge in [0.05, 0.1) is 0 Å². The lowest BCUT2D eigenvalue weighted by Crippen LogP contribution is -2.37. The van der Waals surface area contributed by atoms with Crippen molar-refractivity contribution in [2.24, 2.45) is 5.92 Å². The summed E-state index contributed by atoms with van der Waals surface area (Å²) < 4.78 is 6.10. The van der Waals surface area contributed by atoms with Gasteiger partial charge in [0, 0.05) is 11.9 Å². The molecule has 2 nitrogen and oxygen atoms in total. The molecule has 1 fully saturated rings. The lowest BCUT2D eigenvalue weighted by molar-refractivity contribution is 0.155.